The molecular weight excluding hydrogens is 481 g/mol. The van der Waals surface area contributed by atoms with Gasteiger partial charge in [-0.2, -0.15) is 21.6 Å². The van der Waals surface area contributed by atoms with Gasteiger partial charge in [-0.05, 0) is 73.6 Å². The molecule has 1 N–H and O–H groups in total. The van der Waals surface area contributed by atoms with Crippen LogP contribution in [-0.4, -0.2) is 28.4 Å². The molecule has 4 rings (SSSR count). The number of nitrogens with zero attached hydrogens (tertiary/aromatic N) is 2. The maximum Gasteiger partial charge on any atom is 0.522 e. The Kier molecular flexibility index (Phi) is 8.30. The first kappa shape index (κ1) is 25.8. The number of aromatic nitrogens is 2. The van der Waals surface area contributed by atoms with E-state index in [1.165, 1.54) is 61.0 Å². The van der Waals surface area contributed by atoms with E-state index in [-0.39, 0.29) is 17.1 Å². The van der Waals surface area contributed by atoms with Gasteiger partial charge in [0, 0.05) is 28.5 Å². The molecule has 0 saturated heterocycles. The second kappa shape index (κ2) is 9.98. The van der Waals surface area contributed by atoms with Gasteiger partial charge in [-0.25, -0.2) is 0 Å². The van der Waals surface area contributed by atoms with Gasteiger partial charge in [-0.3, -0.25) is 14.5 Å². The molecule has 2 aliphatic carbocycles. The Bertz CT molecular complexity index is 968. The molecule has 0 fully saturated rings. The van der Waals surface area contributed by atoms with Crippen molar-refractivity contribution < 1.29 is 43.2 Å². The third-order valence-electron chi connectivity index (χ3n) is 5.68. The minimum atomic E-state index is -5.84. The normalized spacial score (nSPS) is 20.5. The Balaban J connectivity index is 0.000000329. The van der Waals surface area contributed by atoms with Crippen molar-refractivity contribution in [3.8, 4) is 11.4 Å². The third-order valence-corrected chi connectivity index (χ3v) is 6.26. The Labute approximate surface area is 191 Å². The molecular formula is C21H25CuF3N2O3S. The Morgan fingerprint density at radius 3 is 1.55 bits per heavy atom. The zero-order valence-corrected chi connectivity index (χ0v) is 19.0. The van der Waals surface area contributed by atoms with Gasteiger partial charge in [0.2, 0.25) is 0 Å². The fourth-order valence-corrected chi connectivity index (χ4v) is 4.04. The molecule has 2 aromatic heterocycles. The monoisotopic (exact) mass is 505 g/mol. The molecule has 10 heteroatoms. The molecule has 0 amide bonds. The number of fused-ring (bicyclic) bond motifs is 2. The van der Waals surface area contributed by atoms with Crippen molar-refractivity contribution in [3.63, 3.8) is 0 Å². The van der Waals surface area contributed by atoms with Crippen molar-refractivity contribution in [2.45, 2.75) is 69.7 Å². The summed E-state index contributed by atoms with van der Waals surface area (Å²) in [7, 11) is -5.84. The second-order valence-electron chi connectivity index (χ2n) is 7.99. The van der Waals surface area contributed by atoms with E-state index in [1.54, 1.807) is 0 Å². The summed E-state index contributed by atoms with van der Waals surface area (Å²) >= 11 is 0. The molecule has 0 aromatic carbocycles. The summed E-state index contributed by atoms with van der Waals surface area (Å²) in [6.07, 6.45) is 7.48. The third kappa shape index (κ3) is 6.06. The standard InChI is InChI=1S/C20H24N2.CHF3O3S.Cu/c1-13-5-3-7-15-9-11-17(21-19(13)15)18-12-10-16-8-4-6-14(2)20(16)22-18;2-1(3,4)8(5,6)7;/h9-14H,3-8H2,1-2H3;(H,5,6,7);/t13-,14-;;/m0../s1. The van der Waals surface area contributed by atoms with Crippen LogP contribution < -0.4 is 0 Å². The SMILES string of the molecule is C[C@H]1CCCc2ccc(-c3ccc4c(n3)[C@@H](C)CCC4)nc21.O=S(=O)(O)C(F)(F)F.[Cu]. The first-order chi connectivity index (χ1) is 14.0. The summed E-state index contributed by atoms with van der Waals surface area (Å²) in [5.74, 6) is 1.17. The van der Waals surface area contributed by atoms with Gasteiger partial charge in [0.15, 0.2) is 0 Å². The summed E-state index contributed by atoms with van der Waals surface area (Å²) in [5.41, 5.74) is 2.05. The van der Waals surface area contributed by atoms with Crippen molar-refractivity contribution in [3.05, 3.63) is 46.8 Å². The zero-order valence-electron chi connectivity index (χ0n) is 17.2. The Morgan fingerprint density at radius 1 is 0.871 bits per heavy atom. The summed E-state index contributed by atoms with van der Waals surface area (Å²) in [5, 5.41) is 0. The van der Waals surface area contributed by atoms with Gasteiger partial charge in [-0.15, -0.1) is 0 Å². The number of hydrogen-bond donors (Lipinski definition) is 1. The van der Waals surface area contributed by atoms with E-state index in [0.29, 0.717) is 11.8 Å². The van der Waals surface area contributed by atoms with Crippen LogP contribution in [-0.2, 0) is 40.0 Å². The molecule has 5 nitrogen and oxygen atoms in total. The van der Waals surface area contributed by atoms with Crippen LogP contribution in [0, 0.1) is 0 Å². The zero-order chi connectivity index (χ0) is 22.1. The van der Waals surface area contributed by atoms with E-state index in [1.807, 2.05) is 0 Å². The maximum absolute atomic E-state index is 10.7. The van der Waals surface area contributed by atoms with Crippen molar-refractivity contribution in [1.29, 1.82) is 0 Å². The van der Waals surface area contributed by atoms with Crippen LogP contribution in [0.25, 0.3) is 11.4 Å². The predicted molar refractivity (Wildman–Crippen MR) is 108 cm³/mol. The molecule has 0 spiro atoms. The molecule has 1 radical (unpaired) electrons. The molecule has 31 heavy (non-hydrogen) atoms. The summed E-state index contributed by atoms with van der Waals surface area (Å²) in [4.78, 5) is 9.95. The van der Waals surface area contributed by atoms with E-state index < -0.39 is 15.6 Å². The summed E-state index contributed by atoms with van der Waals surface area (Å²) < 4.78 is 57.5. The quantitative estimate of drug-likeness (QED) is 0.318. The van der Waals surface area contributed by atoms with E-state index >= 15 is 0 Å². The number of hydrogen-bond acceptors (Lipinski definition) is 4. The van der Waals surface area contributed by atoms with E-state index in [9.17, 15) is 13.2 Å². The molecule has 2 atom stereocenters. The summed E-state index contributed by atoms with van der Waals surface area (Å²) in [6, 6.07) is 8.88. The van der Waals surface area contributed by atoms with Crippen molar-refractivity contribution in [2.24, 2.45) is 0 Å². The summed E-state index contributed by atoms with van der Waals surface area (Å²) in [6.45, 7) is 4.61. The molecule has 2 heterocycles. The van der Waals surface area contributed by atoms with E-state index in [2.05, 4.69) is 38.1 Å². The molecule has 0 saturated carbocycles. The largest absolute Gasteiger partial charge is 0.522 e. The number of alkyl halides is 3. The number of halogens is 3. The average Bonchev–Trinajstić information content (AvgIpc) is 2.67. The number of rotatable bonds is 1. The van der Waals surface area contributed by atoms with Crippen LogP contribution >= 0.6 is 0 Å². The van der Waals surface area contributed by atoms with Crippen molar-refractivity contribution in [2.75, 3.05) is 0 Å². The van der Waals surface area contributed by atoms with E-state index in [0.717, 1.165) is 11.4 Å². The van der Waals surface area contributed by atoms with Crippen LogP contribution in [0.4, 0.5) is 13.2 Å². The Morgan fingerprint density at radius 2 is 1.23 bits per heavy atom. The predicted octanol–water partition coefficient (Wildman–Crippen LogP) is 5.41. The first-order valence-corrected chi connectivity index (χ1v) is 11.4. The topological polar surface area (TPSA) is 80.2 Å². The van der Waals surface area contributed by atoms with Crippen LogP contribution in [0.2, 0.25) is 0 Å². The van der Waals surface area contributed by atoms with Gasteiger partial charge in [0.25, 0.3) is 0 Å². The van der Waals surface area contributed by atoms with Gasteiger partial charge >= 0.3 is 15.6 Å². The molecule has 0 unspecified atom stereocenters. The van der Waals surface area contributed by atoms with Crippen LogP contribution in [0.15, 0.2) is 24.3 Å². The number of pyridine rings is 2. The van der Waals surface area contributed by atoms with Crippen LogP contribution in [0.5, 0.6) is 0 Å². The van der Waals surface area contributed by atoms with E-state index in [4.69, 9.17) is 22.9 Å². The Hall–Kier alpha value is -1.48. The van der Waals surface area contributed by atoms with Crippen LogP contribution in [0.3, 0.4) is 0 Å². The first-order valence-electron chi connectivity index (χ1n) is 10.0. The average molecular weight is 506 g/mol. The van der Waals surface area contributed by atoms with Crippen molar-refractivity contribution >= 4 is 10.1 Å². The minimum Gasteiger partial charge on any atom is -0.279 e. The fourth-order valence-electron chi connectivity index (χ4n) is 4.04. The van der Waals surface area contributed by atoms with Gasteiger partial charge in [0.1, 0.15) is 0 Å². The molecule has 2 aromatic rings. The fraction of sp³-hybridized carbons (Fsp3) is 0.524. The smallest absolute Gasteiger partial charge is 0.279 e. The second-order valence-corrected chi connectivity index (χ2v) is 9.40. The van der Waals surface area contributed by atoms with Gasteiger partial charge in [-0.1, -0.05) is 26.0 Å². The molecule has 2 aliphatic rings. The van der Waals surface area contributed by atoms with Crippen molar-refractivity contribution in [1.82, 2.24) is 9.97 Å². The number of aryl methyl sites for hydroxylation is 2. The molecule has 175 valence electrons. The molecule has 0 aliphatic heterocycles. The van der Waals surface area contributed by atoms with Crippen LogP contribution in [0.1, 0.15) is 73.9 Å². The van der Waals surface area contributed by atoms with Gasteiger partial charge < -0.3 is 0 Å². The maximum atomic E-state index is 10.7. The minimum absolute atomic E-state index is 0. The van der Waals surface area contributed by atoms with Gasteiger partial charge in [0.05, 0.1) is 11.4 Å². The molecule has 0 bridgehead atoms.